The first kappa shape index (κ1) is 10.2. The summed E-state index contributed by atoms with van der Waals surface area (Å²) in [5.41, 5.74) is 2.26. The van der Waals surface area contributed by atoms with Gasteiger partial charge in [-0.25, -0.2) is 0 Å². The van der Waals surface area contributed by atoms with Gasteiger partial charge in [0.2, 0.25) is 0 Å². The maximum Gasteiger partial charge on any atom is 0.149 e. The SMILES string of the molecule is CCC(=O)[C@H]1Cc2ccc(O)cc2CN1. The Labute approximate surface area is 89.1 Å². The van der Waals surface area contributed by atoms with Crippen LogP contribution in [0.5, 0.6) is 5.75 Å². The van der Waals surface area contributed by atoms with Crippen molar-refractivity contribution in [2.45, 2.75) is 32.4 Å². The van der Waals surface area contributed by atoms with E-state index in [9.17, 15) is 9.90 Å². The zero-order chi connectivity index (χ0) is 10.8. The van der Waals surface area contributed by atoms with Gasteiger partial charge in [0.25, 0.3) is 0 Å². The quantitative estimate of drug-likeness (QED) is 0.767. The number of phenolic OH excluding ortho intramolecular Hbond substituents is 1. The van der Waals surface area contributed by atoms with Gasteiger partial charge in [0.05, 0.1) is 6.04 Å². The smallest absolute Gasteiger partial charge is 0.149 e. The fraction of sp³-hybridized carbons (Fsp3) is 0.417. The molecule has 0 fully saturated rings. The molecule has 0 saturated heterocycles. The number of aromatic hydroxyl groups is 1. The molecular formula is C12H15NO2. The number of carbonyl (C=O) groups excluding carboxylic acids is 1. The zero-order valence-corrected chi connectivity index (χ0v) is 8.79. The molecule has 3 heteroatoms. The molecule has 1 heterocycles. The Morgan fingerprint density at radius 3 is 3.07 bits per heavy atom. The third-order valence-corrected chi connectivity index (χ3v) is 2.89. The summed E-state index contributed by atoms with van der Waals surface area (Å²) in [7, 11) is 0. The number of ketones is 1. The van der Waals surface area contributed by atoms with Gasteiger partial charge in [-0.3, -0.25) is 4.79 Å². The number of hydrogen-bond acceptors (Lipinski definition) is 3. The van der Waals surface area contributed by atoms with E-state index in [0.717, 1.165) is 12.0 Å². The number of fused-ring (bicyclic) bond motifs is 1. The maximum absolute atomic E-state index is 11.5. The molecule has 0 amide bonds. The Morgan fingerprint density at radius 1 is 1.53 bits per heavy atom. The average Bonchev–Trinajstić information content (AvgIpc) is 2.27. The van der Waals surface area contributed by atoms with Crippen molar-refractivity contribution >= 4 is 5.78 Å². The summed E-state index contributed by atoms with van der Waals surface area (Å²) >= 11 is 0. The van der Waals surface area contributed by atoms with Crippen molar-refractivity contribution in [2.75, 3.05) is 0 Å². The first-order valence-electron chi connectivity index (χ1n) is 5.27. The van der Waals surface area contributed by atoms with Crippen molar-refractivity contribution in [1.29, 1.82) is 0 Å². The molecule has 0 aliphatic carbocycles. The van der Waals surface area contributed by atoms with Crippen molar-refractivity contribution in [1.82, 2.24) is 5.32 Å². The van der Waals surface area contributed by atoms with E-state index in [1.165, 1.54) is 5.56 Å². The van der Waals surface area contributed by atoms with Crippen LogP contribution in [0.25, 0.3) is 0 Å². The lowest BCUT2D eigenvalue weighted by molar-refractivity contribution is -0.120. The molecule has 1 aliphatic rings. The molecule has 3 nitrogen and oxygen atoms in total. The van der Waals surface area contributed by atoms with E-state index >= 15 is 0 Å². The fourth-order valence-electron chi connectivity index (χ4n) is 1.98. The molecule has 0 radical (unpaired) electrons. The van der Waals surface area contributed by atoms with Gasteiger partial charge in [0, 0.05) is 13.0 Å². The van der Waals surface area contributed by atoms with Crippen LogP contribution in [-0.2, 0) is 17.8 Å². The second-order valence-electron chi connectivity index (χ2n) is 3.91. The lowest BCUT2D eigenvalue weighted by Crippen LogP contribution is -2.41. The van der Waals surface area contributed by atoms with Gasteiger partial charge in [-0.1, -0.05) is 13.0 Å². The number of carbonyl (C=O) groups is 1. The number of nitrogens with one attached hydrogen (secondary N) is 1. The van der Waals surface area contributed by atoms with Crippen molar-refractivity contribution in [3.05, 3.63) is 29.3 Å². The lowest BCUT2D eigenvalue weighted by Gasteiger charge is -2.24. The van der Waals surface area contributed by atoms with Crippen LogP contribution in [0.4, 0.5) is 0 Å². The molecule has 15 heavy (non-hydrogen) atoms. The first-order valence-corrected chi connectivity index (χ1v) is 5.27. The van der Waals surface area contributed by atoms with Crippen molar-refractivity contribution < 1.29 is 9.90 Å². The summed E-state index contributed by atoms with van der Waals surface area (Å²) in [5, 5.41) is 12.5. The lowest BCUT2D eigenvalue weighted by atomic mass is 9.93. The third kappa shape index (κ3) is 2.02. The normalized spacial score (nSPS) is 19.7. The van der Waals surface area contributed by atoms with Crippen molar-refractivity contribution in [3.63, 3.8) is 0 Å². The predicted octanol–water partition coefficient (Wildman–Crippen LogP) is 1.39. The molecule has 80 valence electrons. The molecule has 2 rings (SSSR count). The second-order valence-corrected chi connectivity index (χ2v) is 3.91. The largest absolute Gasteiger partial charge is 0.508 e. The number of benzene rings is 1. The number of hydrogen-bond donors (Lipinski definition) is 2. The minimum atomic E-state index is -0.0490. The second kappa shape index (κ2) is 4.03. The number of Topliss-reactive ketones (excluding diaryl/α,β-unsaturated/α-hetero) is 1. The summed E-state index contributed by atoms with van der Waals surface area (Å²) in [4.78, 5) is 11.5. The minimum absolute atomic E-state index is 0.0490. The molecule has 1 aliphatic heterocycles. The van der Waals surface area contributed by atoms with Crippen LogP contribution in [0, 0.1) is 0 Å². The van der Waals surface area contributed by atoms with Crippen LogP contribution in [0.15, 0.2) is 18.2 Å². The van der Waals surface area contributed by atoms with E-state index in [0.29, 0.717) is 13.0 Å². The number of phenols is 1. The van der Waals surface area contributed by atoms with E-state index in [2.05, 4.69) is 5.32 Å². The summed E-state index contributed by atoms with van der Waals surface area (Å²) < 4.78 is 0. The Morgan fingerprint density at radius 2 is 2.33 bits per heavy atom. The first-order chi connectivity index (χ1) is 7.20. The highest BCUT2D eigenvalue weighted by molar-refractivity contribution is 5.84. The summed E-state index contributed by atoms with van der Waals surface area (Å²) in [5.74, 6) is 0.546. The van der Waals surface area contributed by atoms with E-state index < -0.39 is 0 Å². The van der Waals surface area contributed by atoms with Crippen LogP contribution in [0.3, 0.4) is 0 Å². The summed E-state index contributed by atoms with van der Waals surface area (Å²) in [6.07, 6.45) is 1.31. The molecule has 1 aromatic rings. The van der Waals surface area contributed by atoms with Crippen molar-refractivity contribution in [3.8, 4) is 5.75 Å². The highest BCUT2D eigenvalue weighted by Crippen LogP contribution is 2.21. The fourth-order valence-corrected chi connectivity index (χ4v) is 1.98. The molecule has 0 saturated carbocycles. The molecule has 1 atom stereocenters. The highest BCUT2D eigenvalue weighted by atomic mass is 16.3. The van der Waals surface area contributed by atoms with Gasteiger partial charge in [-0.05, 0) is 29.7 Å². The molecule has 0 aromatic heterocycles. The van der Waals surface area contributed by atoms with Crippen LogP contribution in [-0.4, -0.2) is 16.9 Å². The number of rotatable bonds is 2. The van der Waals surface area contributed by atoms with Gasteiger partial charge in [-0.15, -0.1) is 0 Å². The van der Waals surface area contributed by atoms with E-state index in [1.54, 1.807) is 12.1 Å². The third-order valence-electron chi connectivity index (χ3n) is 2.89. The molecule has 1 aromatic carbocycles. The predicted molar refractivity (Wildman–Crippen MR) is 57.7 cm³/mol. The molecule has 2 N–H and O–H groups in total. The molecule has 0 spiro atoms. The van der Waals surface area contributed by atoms with Gasteiger partial charge in [-0.2, -0.15) is 0 Å². The Hall–Kier alpha value is -1.35. The summed E-state index contributed by atoms with van der Waals surface area (Å²) in [6, 6.07) is 5.29. The average molecular weight is 205 g/mol. The van der Waals surface area contributed by atoms with Gasteiger partial charge >= 0.3 is 0 Å². The van der Waals surface area contributed by atoms with E-state index in [-0.39, 0.29) is 17.6 Å². The van der Waals surface area contributed by atoms with Crippen LogP contribution < -0.4 is 5.32 Å². The standard InChI is InChI=1S/C12H15NO2/c1-2-12(15)11-6-8-3-4-10(14)5-9(8)7-13-11/h3-5,11,13-14H,2,6-7H2,1H3/t11-/m1/s1. The van der Waals surface area contributed by atoms with Crippen LogP contribution in [0.1, 0.15) is 24.5 Å². The van der Waals surface area contributed by atoms with E-state index in [1.807, 2.05) is 13.0 Å². The van der Waals surface area contributed by atoms with Gasteiger partial charge < -0.3 is 10.4 Å². The summed E-state index contributed by atoms with van der Waals surface area (Å²) in [6.45, 7) is 2.55. The maximum atomic E-state index is 11.5. The Balaban J connectivity index is 2.20. The van der Waals surface area contributed by atoms with Gasteiger partial charge in [0.1, 0.15) is 11.5 Å². The Bertz CT molecular complexity index is 387. The van der Waals surface area contributed by atoms with Crippen molar-refractivity contribution in [2.24, 2.45) is 0 Å². The van der Waals surface area contributed by atoms with Crippen LogP contribution >= 0.6 is 0 Å². The zero-order valence-electron chi connectivity index (χ0n) is 8.79. The van der Waals surface area contributed by atoms with Crippen LogP contribution in [0.2, 0.25) is 0 Å². The van der Waals surface area contributed by atoms with Gasteiger partial charge in [0.15, 0.2) is 0 Å². The molecule has 0 unspecified atom stereocenters. The molecule has 0 bridgehead atoms. The minimum Gasteiger partial charge on any atom is -0.508 e. The highest BCUT2D eigenvalue weighted by Gasteiger charge is 2.22. The van der Waals surface area contributed by atoms with E-state index in [4.69, 9.17) is 0 Å². The topological polar surface area (TPSA) is 49.3 Å². The monoisotopic (exact) mass is 205 g/mol. The Kier molecular flexibility index (Phi) is 2.73. The molecular weight excluding hydrogens is 190 g/mol.